The van der Waals surface area contributed by atoms with Gasteiger partial charge in [-0.3, -0.25) is 4.79 Å². The Morgan fingerprint density at radius 1 is 1.53 bits per heavy atom. The second kappa shape index (κ2) is 6.14. The van der Waals surface area contributed by atoms with E-state index in [0.29, 0.717) is 31.2 Å². The number of rotatable bonds is 4. The molecule has 1 amide bonds. The monoisotopic (exact) mass is 267 g/mol. The van der Waals surface area contributed by atoms with Crippen molar-refractivity contribution in [3.05, 3.63) is 11.8 Å². The second-order valence-electron chi connectivity index (χ2n) is 5.32. The lowest BCUT2D eigenvalue weighted by molar-refractivity contribution is -0.134. The van der Waals surface area contributed by atoms with Crippen molar-refractivity contribution in [1.82, 2.24) is 15.1 Å². The summed E-state index contributed by atoms with van der Waals surface area (Å²) in [5, 5.41) is 17.4. The molecule has 1 saturated heterocycles. The number of β-amino-alcohol motifs (C(OH)–C–C–N with tert-alkyl or cyclic N) is 1. The summed E-state index contributed by atoms with van der Waals surface area (Å²) in [6.07, 6.45) is 2.09. The largest absolute Gasteiger partial charge is 0.425 e. The van der Waals surface area contributed by atoms with Crippen molar-refractivity contribution in [2.24, 2.45) is 0 Å². The number of hydrogen-bond donors (Lipinski definition) is 1. The van der Waals surface area contributed by atoms with Gasteiger partial charge in [-0.05, 0) is 12.8 Å². The molecule has 106 valence electrons. The van der Waals surface area contributed by atoms with E-state index in [1.165, 1.54) is 0 Å². The molecular weight excluding hydrogens is 246 g/mol. The Kier molecular flexibility index (Phi) is 4.52. The SMILES string of the molecule is CC(C)c1nnc(CCC(=O)N2CCCC(O)C2)o1. The molecule has 1 aromatic heterocycles. The molecule has 1 fully saturated rings. The summed E-state index contributed by atoms with van der Waals surface area (Å²) in [7, 11) is 0. The fraction of sp³-hybridized carbons (Fsp3) is 0.769. The quantitative estimate of drug-likeness (QED) is 0.884. The van der Waals surface area contributed by atoms with Crippen molar-refractivity contribution in [2.45, 2.75) is 51.6 Å². The Hall–Kier alpha value is -1.43. The van der Waals surface area contributed by atoms with Crippen LogP contribution in [0.2, 0.25) is 0 Å². The maximum absolute atomic E-state index is 12.0. The van der Waals surface area contributed by atoms with Crippen molar-refractivity contribution < 1.29 is 14.3 Å². The van der Waals surface area contributed by atoms with E-state index in [1.54, 1.807) is 4.90 Å². The zero-order chi connectivity index (χ0) is 13.8. The van der Waals surface area contributed by atoms with Crippen LogP contribution in [-0.2, 0) is 11.2 Å². The topological polar surface area (TPSA) is 79.5 Å². The van der Waals surface area contributed by atoms with Crippen LogP contribution in [0.3, 0.4) is 0 Å². The number of aliphatic hydroxyl groups is 1. The third-order valence-electron chi connectivity index (χ3n) is 3.28. The average molecular weight is 267 g/mol. The Labute approximate surface area is 112 Å². The molecule has 0 aromatic carbocycles. The maximum Gasteiger partial charge on any atom is 0.223 e. The molecule has 0 saturated carbocycles. The van der Waals surface area contributed by atoms with Gasteiger partial charge in [-0.1, -0.05) is 13.8 Å². The minimum atomic E-state index is -0.381. The number of piperidine rings is 1. The Balaban J connectivity index is 1.82. The molecule has 0 bridgehead atoms. The zero-order valence-corrected chi connectivity index (χ0v) is 11.5. The number of likely N-dealkylation sites (tertiary alicyclic amines) is 1. The van der Waals surface area contributed by atoms with Crippen molar-refractivity contribution in [1.29, 1.82) is 0 Å². The van der Waals surface area contributed by atoms with Crippen LogP contribution in [-0.4, -0.2) is 45.3 Å². The molecule has 1 aliphatic rings. The molecule has 6 nitrogen and oxygen atoms in total. The van der Waals surface area contributed by atoms with Crippen LogP contribution < -0.4 is 0 Å². The lowest BCUT2D eigenvalue weighted by atomic mass is 10.1. The van der Waals surface area contributed by atoms with Crippen LogP contribution in [0.5, 0.6) is 0 Å². The minimum Gasteiger partial charge on any atom is -0.425 e. The van der Waals surface area contributed by atoms with Gasteiger partial charge in [-0.2, -0.15) is 0 Å². The molecule has 0 aliphatic carbocycles. The molecule has 1 aromatic rings. The van der Waals surface area contributed by atoms with Crippen molar-refractivity contribution in [3.63, 3.8) is 0 Å². The molecule has 1 unspecified atom stereocenters. The van der Waals surface area contributed by atoms with E-state index in [-0.39, 0.29) is 17.9 Å². The van der Waals surface area contributed by atoms with Gasteiger partial charge in [0.2, 0.25) is 17.7 Å². The van der Waals surface area contributed by atoms with E-state index < -0.39 is 0 Å². The first-order valence-electron chi connectivity index (χ1n) is 6.84. The molecule has 1 atom stereocenters. The predicted octanol–water partition coefficient (Wildman–Crippen LogP) is 1.11. The Morgan fingerprint density at radius 2 is 2.32 bits per heavy atom. The minimum absolute atomic E-state index is 0.0445. The summed E-state index contributed by atoms with van der Waals surface area (Å²) in [6.45, 7) is 5.14. The second-order valence-corrected chi connectivity index (χ2v) is 5.32. The number of amides is 1. The van der Waals surface area contributed by atoms with Crippen molar-refractivity contribution >= 4 is 5.91 Å². The molecule has 2 heterocycles. The van der Waals surface area contributed by atoms with E-state index in [0.717, 1.165) is 19.4 Å². The highest BCUT2D eigenvalue weighted by atomic mass is 16.4. The molecular formula is C13H21N3O3. The molecule has 6 heteroatoms. The first kappa shape index (κ1) is 14.0. The molecule has 1 N–H and O–H groups in total. The summed E-state index contributed by atoms with van der Waals surface area (Å²) in [6, 6.07) is 0. The van der Waals surface area contributed by atoms with E-state index in [2.05, 4.69) is 10.2 Å². The summed E-state index contributed by atoms with van der Waals surface area (Å²) in [4.78, 5) is 13.7. The van der Waals surface area contributed by atoms with Crippen LogP contribution in [0, 0.1) is 0 Å². The number of carbonyl (C=O) groups is 1. The van der Waals surface area contributed by atoms with Gasteiger partial charge < -0.3 is 14.4 Å². The lowest BCUT2D eigenvalue weighted by Gasteiger charge is -2.30. The van der Waals surface area contributed by atoms with Gasteiger partial charge in [0.1, 0.15) is 0 Å². The van der Waals surface area contributed by atoms with Gasteiger partial charge >= 0.3 is 0 Å². The standard InChI is InChI=1S/C13H21N3O3/c1-9(2)13-15-14-11(19-13)5-6-12(18)16-7-3-4-10(17)8-16/h9-10,17H,3-8H2,1-2H3. The smallest absolute Gasteiger partial charge is 0.223 e. The highest BCUT2D eigenvalue weighted by Gasteiger charge is 2.22. The molecule has 2 rings (SSSR count). The van der Waals surface area contributed by atoms with Crippen molar-refractivity contribution in [2.75, 3.05) is 13.1 Å². The molecule has 0 spiro atoms. The van der Waals surface area contributed by atoms with Gasteiger partial charge in [-0.15, -0.1) is 10.2 Å². The number of aryl methyl sites for hydroxylation is 1. The van der Waals surface area contributed by atoms with Crippen LogP contribution in [0.4, 0.5) is 0 Å². The molecule has 0 radical (unpaired) electrons. The third-order valence-corrected chi connectivity index (χ3v) is 3.28. The van der Waals surface area contributed by atoms with Gasteiger partial charge in [0.15, 0.2) is 0 Å². The normalized spacial score (nSPS) is 20.0. The Morgan fingerprint density at radius 3 is 2.95 bits per heavy atom. The maximum atomic E-state index is 12.0. The number of aliphatic hydroxyl groups excluding tert-OH is 1. The van der Waals surface area contributed by atoms with Crippen LogP contribution in [0.1, 0.15) is 50.8 Å². The number of carbonyl (C=O) groups excluding carboxylic acids is 1. The summed E-state index contributed by atoms with van der Waals surface area (Å²) in [5.41, 5.74) is 0. The summed E-state index contributed by atoms with van der Waals surface area (Å²) < 4.78 is 5.46. The number of hydrogen-bond acceptors (Lipinski definition) is 5. The van der Waals surface area contributed by atoms with Gasteiger partial charge in [0.05, 0.1) is 6.10 Å². The first-order valence-corrected chi connectivity index (χ1v) is 6.84. The fourth-order valence-corrected chi connectivity index (χ4v) is 2.15. The van der Waals surface area contributed by atoms with Gasteiger partial charge in [-0.25, -0.2) is 0 Å². The first-order chi connectivity index (χ1) is 9.06. The van der Waals surface area contributed by atoms with Crippen LogP contribution in [0.25, 0.3) is 0 Å². The van der Waals surface area contributed by atoms with Gasteiger partial charge in [0, 0.05) is 31.8 Å². The Bertz CT molecular complexity index is 431. The van der Waals surface area contributed by atoms with Gasteiger partial charge in [0.25, 0.3) is 0 Å². The van der Waals surface area contributed by atoms with Crippen molar-refractivity contribution in [3.8, 4) is 0 Å². The number of nitrogens with zero attached hydrogens (tertiary/aromatic N) is 3. The van der Waals surface area contributed by atoms with Crippen LogP contribution >= 0.6 is 0 Å². The summed E-state index contributed by atoms with van der Waals surface area (Å²) in [5.74, 6) is 1.36. The average Bonchev–Trinajstić information content (AvgIpc) is 2.85. The highest BCUT2D eigenvalue weighted by Crippen LogP contribution is 2.15. The fourth-order valence-electron chi connectivity index (χ4n) is 2.15. The number of aromatic nitrogens is 2. The predicted molar refractivity (Wildman–Crippen MR) is 68.5 cm³/mol. The molecule has 19 heavy (non-hydrogen) atoms. The van der Waals surface area contributed by atoms with Crippen LogP contribution in [0.15, 0.2) is 4.42 Å². The molecule has 1 aliphatic heterocycles. The highest BCUT2D eigenvalue weighted by molar-refractivity contribution is 5.76. The van der Waals surface area contributed by atoms with E-state index in [4.69, 9.17) is 4.42 Å². The summed E-state index contributed by atoms with van der Waals surface area (Å²) >= 11 is 0. The third kappa shape index (κ3) is 3.76. The van der Waals surface area contributed by atoms with E-state index in [1.807, 2.05) is 13.8 Å². The van der Waals surface area contributed by atoms with E-state index in [9.17, 15) is 9.90 Å². The van der Waals surface area contributed by atoms with E-state index >= 15 is 0 Å². The lowest BCUT2D eigenvalue weighted by Crippen LogP contribution is -2.42. The zero-order valence-electron chi connectivity index (χ0n) is 11.5.